The lowest BCUT2D eigenvalue weighted by atomic mass is 9.84. The number of rotatable bonds is 3. The second-order valence-corrected chi connectivity index (χ2v) is 7.13. The number of piperidine rings is 3. The minimum Gasteiger partial charge on any atom is -0.347 e. The van der Waals surface area contributed by atoms with Crippen LogP contribution in [0.5, 0.6) is 0 Å². The topological polar surface area (TPSA) is 58.1 Å². The molecule has 5 heterocycles. The lowest BCUT2D eigenvalue weighted by Crippen LogP contribution is -2.57. The van der Waals surface area contributed by atoms with Crippen LogP contribution in [-0.4, -0.2) is 46.5 Å². The summed E-state index contributed by atoms with van der Waals surface area (Å²) < 4.78 is 13.8. The summed E-state index contributed by atoms with van der Waals surface area (Å²) in [6.07, 6.45) is 6.51. The Morgan fingerprint density at radius 1 is 1.35 bits per heavy atom. The first-order valence-corrected chi connectivity index (χ1v) is 8.61. The predicted molar refractivity (Wildman–Crippen MR) is 85.7 cm³/mol. The summed E-state index contributed by atoms with van der Waals surface area (Å²) in [4.78, 5) is 23.3. The molecule has 0 aromatic carbocycles. The van der Waals surface area contributed by atoms with Crippen molar-refractivity contribution in [2.24, 2.45) is 5.92 Å². The molecule has 3 aliphatic rings. The van der Waals surface area contributed by atoms with Gasteiger partial charge in [0.2, 0.25) is 0 Å². The van der Waals surface area contributed by atoms with Crippen molar-refractivity contribution >= 4 is 17.2 Å². The largest absolute Gasteiger partial charge is 0.347 e. The van der Waals surface area contributed by atoms with Gasteiger partial charge in [-0.1, -0.05) is 0 Å². The number of hydrogen-bond acceptors (Lipinski definition) is 5. The number of thiazole rings is 1. The Bertz CT molecular complexity index is 726. The lowest BCUT2D eigenvalue weighted by Gasteiger charge is -2.44. The van der Waals surface area contributed by atoms with Gasteiger partial charge >= 0.3 is 0 Å². The number of hydrogen-bond donors (Lipinski definition) is 1. The molecule has 0 radical (unpaired) electrons. The fraction of sp³-hybridized carbons (Fsp3) is 0.438. The molecule has 3 fully saturated rings. The number of amides is 1. The van der Waals surface area contributed by atoms with Crippen LogP contribution in [0.2, 0.25) is 0 Å². The van der Waals surface area contributed by atoms with Gasteiger partial charge < -0.3 is 10.2 Å². The van der Waals surface area contributed by atoms with Crippen molar-refractivity contribution in [2.75, 3.05) is 19.6 Å². The van der Waals surface area contributed by atoms with Gasteiger partial charge in [-0.2, -0.15) is 0 Å². The second kappa shape index (κ2) is 5.98. The molecular weight excluding hydrogens is 315 g/mol. The molecular formula is C16H17FN4OS. The highest BCUT2D eigenvalue weighted by Gasteiger charge is 2.35. The van der Waals surface area contributed by atoms with Gasteiger partial charge in [0, 0.05) is 24.3 Å². The smallest absolute Gasteiger partial charge is 0.263 e. The third-order valence-electron chi connectivity index (χ3n) is 4.70. The van der Waals surface area contributed by atoms with Gasteiger partial charge in [-0.05, 0) is 37.9 Å². The molecule has 0 saturated carbocycles. The molecule has 2 bridgehead atoms. The molecule has 5 nitrogen and oxygen atoms in total. The summed E-state index contributed by atoms with van der Waals surface area (Å²) >= 11 is 1.21. The third kappa shape index (κ3) is 2.86. The summed E-state index contributed by atoms with van der Waals surface area (Å²) in [6, 6.07) is 1.79. The quantitative estimate of drug-likeness (QED) is 0.936. The van der Waals surface area contributed by atoms with Gasteiger partial charge in [0.1, 0.15) is 9.88 Å². The number of pyridine rings is 1. The maximum atomic E-state index is 13.8. The minimum absolute atomic E-state index is 0.109. The van der Waals surface area contributed by atoms with Crippen molar-refractivity contribution < 1.29 is 9.18 Å². The number of carbonyl (C=O) groups excluding carboxylic acids is 1. The van der Waals surface area contributed by atoms with Gasteiger partial charge in [-0.15, -0.1) is 11.3 Å². The molecule has 2 aromatic rings. The van der Waals surface area contributed by atoms with E-state index in [1.54, 1.807) is 6.07 Å². The van der Waals surface area contributed by atoms with Gasteiger partial charge in [-0.25, -0.2) is 9.37 Å². The van der Waals surface area contributed by atoms with Crippen LogP contribution in [0, 0.1) is 11.7 Å². The van der Waals surface area contributed by atoms with E-state index in [1.165, 1.54) is 23.7 Å². The molecule has 1 unspecified atom stereocenters. The SMILES string of the molecule is O=C(NC1CN2CCC1CC2)c1cnc(-c2ccncc2F)s1. The molecule has 3 saturated heterocycles. The first kappa shape index (κ1) is 14.7. The first-order valence-electron chi connectivity index (χ1n) is 7.79. The number of fused-ring (bicyclic) bond motifs is 3. The highest BCUT2D eigenvalue weighted by Crippen LogP contribution is 2.29. The zero-order chi connectivity index (χ0) is 15.8. The van der Waals surface area contributed by atoms with Crippen molar-refractivity contribution in [3.8, 4) is 10.6 Å². The molecule has 1 amide bonds. The molecule has 3 aliphatic heterocycles. The molecule has 1 N–H and O–H groups in total. The van der Waals surface area contributed by atoms with Crippen LogP contribution in [0.1, 0.15) is 22.5 Å². The minimum atomic E-state index is -0.425. The van der Waals surface area contributed by atoms with Gasteiger partial charge in [-0.3, -0.25) is 9.78 Å². The maximum absolute atomic E-state index is 13.8. The molecule has 5 rings (SSSR count). The van der Waals surface area contributed by atoms with Gasteiger partial charge in [0.15, 0.2) is 5.82 Å². The Morgan fingerprint density at radius 2 is 2.17 bits per heavy atom. The van der Waals surface area contributed by atoms with Crippen LogP contribution < -0.4 is 5.32 Å². The van der Waals surface area contributed by atoms with E-state index >= 15 is 0 Å². The van der Waals surface area contributed by atoms with Crippen molar-refractivity contribution in [3.05, 3.63) is 35.4 Å². The molecule has 120 valence electrons. The second-order valence-electron chi connectivity index (χ2n) is 6.10. The Balaban J connectivity index is 1.48. The van der Waals surface area contributed by atoms with Crippen LogP contribution in [0.25, 0.3) is 10.6 Å². The van der Waals surface area contributed by atoms with E-state index in [0.29, 0.717) is 21.4 Å². The molecule has 0 spiro atoms. The van der Waals surface area contributed by atoms with E-state index in [0.717, 1.165) is 38.7 Å². The zero-order valence-corrected chi connectivity index (χ0v) is 13.4. The molecule has 2 aromatic heterocycles. The average molecular weight is 332 g/mol. The van der Waals surface area contributed by atoms with Crippen LogP contribution >= 0.6 is 11.3 Å². The molecule has 7 heteroatoms. The summed E-state index contributed by atoms with van der Waals surface area (Å²) in [7, 11) is 0. The lowest BCUT2D eigenvalue weighted by molar-refractivity contribution is 0.0622. The fourth-order valence-electron chi connectivity index (χ4n) is 3.42. The van der Waals surface area contributed by atoms with E-state index in [4.69, 9.17) is 0 Å². The average Bonchev–Trinajstić information content (AvgIpc) is 3.06. The summed E-state index contributed by atoms with van der Waals surface area (Å²) in [5, 5.41) is 3.63. The van der Waals surface area contributed by atoms with E-state index in [-0.39, 0.29) is 11.9 Å². The standard InChI is InChI=1S/C16H17FN4OS/c17-12-7-18-4-1-11(12)16-19-8-14(23-16)15(22)20-13-9-21-5-2-10(13)3-6-21/h1,4,7-8,10,13H,2-3,5-6,9H2,(H,20,22). The monoisotopic (exact) mass is 332 g/mol. The Morgan fingerprint density at radius 3 is 2.87 bits per heavy atom. The summed E-state index contributed by atoms with van der Waals surface area (Å²) in [5.41, 5.74) is 0.381. The highest BCUT2D eigenvalue weighted by molar-refractivity contribution is 7.16. The zero-order valence-electron chi connectivity index (χ0n) is 12.5. The molecule has 1 atom stereocenters. The first-order chi connectivity index (χ1) is 11.2. The number of nitrogens with zero attached hydrogens (tertiary/aromatic N) is 3. The number of aromatic nitrogens is 2. The number of carbonyl (C=O) groups is 1. The fourth-order valence-corrected chi connectivity index (χ4v) is 4.27. The number of nitrogens with one attached hydrogen (secondary N) is 1. The Hall–Kier alpha value is -1.86. The Kier molecular flexibility index (Phi) is 3.82. The van der Waals surface area contributed by atoms with Crippen LogP contribution in [0.4, 0.5) is 4.39 Å². The van der Waals surface area contributed by atoms with E-state index in [9.17, 15) is 9.18 Å². The number of halogens is 1. The highest BCUT2D eigenvalue weighted by atomic mass is 32.1. The summed E-state index contributed by atoms with van der Waals surface area (Å²) in [5.74, 6) is 0.0437. The van der Waals surface area contributed by atoms with E-state index < -0.39 is 5.82 Å². The van der Waals surface area contributed by atoms with Crippen LogP contribution in [0.15, 0.2) is 24.7 Å². The Labute approximate surface area is 137 Å². The van der Waals surface area contributed by atoms with Crippen LogP contribution in [0.3, 0.4) is 0 Å². The predicted octanol–water partition coefficient (Wildman–Crippen LogP) is 2.17. The van der Waals surface area contributed by atoms with Crippen LogP contribution in [-0.2, 0) is 0 Å². The molecule has 23 heavy (non-hydrogen) atoms. The van der Waals surface area contributed by atoms with Crippen molar-refractivity contribution in [3.63, 3.8) is 0 Å². The summed E-state index contributed by atoms with van der Waals surface area (Å²) in [6.45, 7) is 3.22. The molecule has 0 aliphatic carbocycles. The van der Waals surface area contributed by atoms with E-state index in [2.05, 4.69) is 20.2 Å². The van der Waals surface area contributed by atoms with Gasteiger partial charge in [0.25, 0.3) is 5.91 Å². The normalized spacial score (nSPS) is 26.2. The maximum Gasteiger partial charge on any atom is 0.263 e. The van der Waals surface area contributed by atoms with Crippen molar-refractivity contribution in [1.82, 2.24) is 20.2 Å². The van der Waals surface area contributed by atoms with E-state index in [1.807, 2.05) is 0 Å². The van der Waals surface area contributed by atoms with Gasteiger partial charge in [0.05, 0.1) is 12.4 Å². The van der Waals surface area contributed by atoms with Crippen molar-refractivity contribution in [1.29, 1.82) is 0 Å². The third-order valence-corrected chi connectivity index (χ3v) is 5.73. The van der Waals surface area contributed by atoms with Crippen molar-refractivity contribution in [2.45, 2.75) is 18.9 Å².